The maximum atomic E-state index is 12.9. The highest BCUT2D eigenvalue weighted by atomic mass is 127. The Morgan fingerprint density at radius 3 is 1.98 bits per heavy atom. The zero-order chi connectivity index (χ0) is 38.0. The van der Waals surface area contributed by atoms with Crippen LogP contribution in [0.4, 0.5) is 0 Å². The third kappa shape index (κ3) is 14.6. The summed E-state index contributed by atoms with van der Waals surface area (Å²) >= 11 is 2.30. The van der Waals surface area contributed by atoms with Crippen LogP contribution in [-0.4, -0.2) is 74.0 Å². The van der Waals surface area contributed by atoms with E-state index in [-0.39, 0.29) is 47.2 Å². The molecule has 3 aromatic rings. The van der Waals surface area contributed by atoms with Crippen LogP contribution in [0.5, 0.6) is 5.75 Å². The highest BCUT2D eigenvalue weighted by Crippen LogP contribution is 2.37. The number of unbranched alkanes of at least 4 members (excludes halogenated alkanes) is 2. The summed E-state index contributed by atoms with van der Waals surface area (Å²) in [4.78, 5) is 12.9. The van der Waals surface area contributed by atoms with Gasteiger partial charge in [0.15, 0.2) is 0 Å². The average Bonchev–Trinajstić information content (AvgIpc) is 3.40. The van der Waals surface area contributed by atoms with Gasteiger partial charge in [-0.3, -0.25) is 4.79 Å². The molecule has 0 saturated heterocycles. The normalized spacial score (nSPS) is 14.8. The number of aromatic nitrogens is 1. The molecule has 0 amide bonds. The summed E-state index contributed by atoms with van der Waals surface area (Å²) in [7, 11) is 0. The van der Waals surface area contributed by atoms with Gasteiger partial charge in [0, 0.05) is 33.5 Å². The Bertz CT molecular complexity index is 1500. The molecular weight excluding hydrogens is 757 g/mol. The van der Waals surface area contributed by atoms with Crippen LogP contribution in [0, 0.1) is 11.3 Å². The Kier molecular flexibility index (Phi) is 15.9. The van der Waals surface area contributed by atoms with E-state index in [1.54, 1.807) is 0 Å². The molecule has 0 spiro atoms. The number of esters is 1. The van der Waals surface area contributed by atoms with Crippen LogP contribution in [0.25, 0.3) is 22.2 Å². The number of hydrogen-bond donors (Lipinski definition) is 2. The Labute approximate surface area is 320 Å². The molecule has 0 radical (unpaired) electrons. The van der Waals surface area contributed by atoms with Crippen molar-refractivity contribution in [1.82, 2.24) is 4.57 Å². The van der Waals surface area contributed by atoms with E-state index >= 15 is 0 Å². The van der Waals surface area contributed by atoms with Crippen molar-refractivity contribution >= 4 is 39.5 Å². The monoisotopic (exact) mass is 821 g/mol. The molecule has 2 aromatic carbocycles. The minimum Gasteiger partial charge on any atom is -0.491 e. The van der Waals surface area contributed by atoms with E-state index in [9.17, 15) is 15.0 Å². The smallest absolute Gasteiger partial charge is 0.310 e. The molecular formula is C42H64INO7. The van der Waals surface area contributed by atoms with Crippen molar-refractivity contribution in [3.63, 3.8) is 0 Å². The number of benzene rings is 2. The van der Waals surface area contributed by atoms with Gasteiger partial charge in [-0.05, 0) is 83.6 Å². The Morgan fingerprint density at radius 1 is 0.804 bits per heavy atom. The number of aryl methyl sites for hydroxylation is 1. The SMILES string of the molecule is CCCCCn1c(-c2ccccc2)cc2ccc(OCC(O)COC(C)(C)CC(C)(C)OCC(O)COC(=O)C(CC(C)(C)C)C(C)(C)I)cc21. The number of carbonyl (C=O) groups is 1. The summed E-state index contributed by atoms with van der Waals surface area (Å²) in [5.41, 5.74) is 2.21. The maximum Gasteiger partial charge on any atom is 0.310 e. The number of hydrogen-bond acceptors (Lipinski definition) is 7. The molecule has 2 N–H and O–H groups in total. The standard InChI is InChI=1S/C42H64INO7/c1-11-12-16-21-44-36(30-17-14-13-15-18-30)22-31-19-20-34(23-37(31)44)48-25-32(45)27-50-40(5,6)29-41(7,8)51-28-33(46)26-49-38(47)35(42(9,10)43)24-39(2,3)4/h13-15,17-20,22-23,32-33,35,45-46H,11-12,16,21,24-29H2,1-10H3. The molecule has 8 nitrogen and oxygen atoms in total. The van der Waals surface area contributed by atoms with Crippen LogP contribution < -0.4 is 4.74 Å². The summed E-state index contributed by atoms with van der Waals surface area (Å²) in [6.07, 6.45) is 2.85. The Balaban J connectivity index is 1.50. The first-order valence-electron chi connectivity index (χ1n) is 18.5. The van der Waals surface area contributed by atoms with Crippen LogP contribution in [0.2, 0.25) is 0 Å². The number of nitrogens with zero attached hydrogens (tertiary/aromatic N) is 1. The van der Waals surface area contributed by atoms with Crippen molar-refractivity contribution in [2.75, 3.05) is 26.4 Å². The van der Waals surface area contributed by atoms with E-state index < -0.39 is 23.4 Å². The molecule has 1 heterocycles. The summed E-state index contributed by atoms with van der Waals surface area (Å²) in [6, 6.07) is 18.8. The third-order valence-corrected chi connectivity index (χ3v) is 9.66. The third-order valence-electron chi connectivity index (χ3n) is 8.90. The zero-order valence-corrected chi connectivity index (χ0v) is 34.9. The molecule has 0 aliphatic rings. The molecule has 9 heteroatoms. The fraction of sp³-hybridized carbons (Fsp3) is 0.643. The molecule has 0 saturated carbocycles. The maximum absolute atomic E-state index is 12.9. The lowest BCUT2D eigenvalue weighted by Crippen LogP contribution is -2.41. The van der Waals surface area contributed by atoms with Crippen molar-refractivity contribution in [3.05, 3.63) is 54.6 Å². The molecule has 51 heavy (non-hydrogen) atoms. The van der Waals surface area contributed by atoms with Crippen LogP contribution in [0.3, 0.4) is 0 Å². The minimum absolute atomic E-state index is 0.0174. The van der Waals surface area contributed by atoms with Gasteiger partial charge < -0.3 is 33.7 Å². The number of ether oxygens (including phenoxy) is 4. The molecule has 0 bridgehead atoms. The van der Waals surface area contributed by atoms with E-state index in [0.29, 0.717) is 18.6 Å². The second-order valence-corrected chi connectivity index (χ2v) is 19.7. The summed E-state index contributed by atoms with van der Waals surface area (Å²) in [6.45, 7) is 21.4. The van der Waals surface area contributed by atoms with Gasteiger partial charge in [0.25, 0.3) is 0 Å². The first kappa shape index (κ1) is 43.2. The van der Waals surface area contributed by atoms with Crippen molar-refractivity contribution in [2.24, 2.45) is 11.3 Å². The molecule has 3 atom stereocenters. The first-order chi connectivity index (χ1) is 23.7. The molecule has 0 aliphatic heterocycles. The van der Waals surface area contributed by atoms with E-state index in [1.807, 2.05) is 53.7 Å². The number of rotatable bonds is 21. The second-order valence-electron chi connectivity index (χ2n) is 16.9. The number of aliphatic hydroxyl groups is 2. The lowest BCUT2D eigenvalue weighted by Gasteiger charge is -2.36. The summed E-state index contributed by atoms with van der Waals surface area (Å²) in [5, 5.41) is 22.6. The summed E-state index contributed by atoms with van der Waals surface area (Å²) < 4.78 is 25.9. The van der Waals surface area contributed by atoms with Crippen molar-refractivity contribution in [2.45, 2.75) is 135 Å². The van der Waals surface area contributed by atoms with Gasteiger partial charge in [-0.2, -0.15) is 0 Å². The first-order valence-corrected chi connectivity index (χ1v) is 19.6. The van der Waals surface area contributed by atoms with Gasteiger partial charge in [-0.1, -0.05) is 93.5 Å². The topological polar surface area (TPSA) is 99.4 Å². The quantitative estimate of drug-likeness (QED) is 0.0479. The number of aliphatic hydroxyl groups excluding tert-OH is 2. The van der Waals surface area contributed by atoms with Gasteiger partial charge in [0.2, 0.25) is 0 Å². The molecule has 3 unspecified atom stereocenters. The average molecular weight is 822 g/mol. The number of fused-ring (bicyclic) bond motifs is 1. The van der Waals surface area contributed by atoms with Crippen molar-refractivity contribution in [1.29, 1.82) is 0 Å². The highest BCUT2D eigenvalue weighted by Gasteiger charge is 2.38. The van der Waals surface area contributed by atoms with E-state index in [1.165, 1.54) is 17.7 Å². The zero-order valence-electron chi connectivity index (χ0n) is 32.8. The predicted molar refractivity (Wildman–Crippen MR) is 216 cm³/mol. The lowest BCUT2D eigenvalue weighted by atomic mass is 9.79. The fourth-order valence-corrected chi connectivity index (χ4v) is 6.96. The van der Waals surface area contributed by atoms with Crippen LogP contribution >= 0.6 is 22.6 Å². The Morgan fingerprint density at radius 2 is 1.41 bits per heavy atom. The van der Waals surface area contributed by atoms with Gasteiger partial charge in [-0.25, -0.2) is 0 Å². The molecule has 1 aromatic heterocycles. The van der Waals surface area contributed by atoms with Crippen molar-refractivity contribution < 1.29 is 34.0 Å². The Hall–Kier alpha value is -2.18. The fourth-order valence-electron chi connectivity index (χ4n) is 6.49. The summed E-state index contributed by atoms with van der Waals surface area (Å²) in [5.74, 6) is 0.122. The largest absolute Gasteiger partial charge is 0.491 e. The second kappa shape index (κ2) is 18.7. The van der Waals surface area contributed by atoms with Crippen LogP contribution in [0.1, 0.15) is 101 Å². The van der Waals surface area contributed by atoms with Crippen LogP contribution in [0.15, 0.2) is 54.6 Å². The molecule has 3 rings (SSSR count). The number of carbonyl (C=O) groups excluding carboxylic acids is 1. The van der Waals surface area contributed by atoms with Gasteiger partial charge in [0.1, 0.15) is 31.2 Å². The van der Waals surface area contributed by atoms with Crippen molar-refractivity contribution in [3.8, 4) is 17.0 Å². The molecule has 0 aliphatic carbocycles. The van der Waals surface area contributed by atoms with Gasteiger partial charge in [0.05, 0.1) is 35.9 Å². The van der Waals surface area contributed by atoms with Gasteiger partial charge >= 0.3 is 5.97 Å². The minimum atomic E-state index is -0.952. The van der Waals surface area contributed by atoms with Gasteiger partial charge in [-0.15, -0.1) is 0 Å². The van der Waals surface area contributed by atoms with E-state index in [4.69, 9.17) is 18.9 Å². The van der Waals surface area contributed by atoms with E-state index in [2.05, 4.69) is 97.3 Å². The molecule has 286 valence electrons. The molecule has 0 fully saturated rings. The number of alkyl halides is 1. The highest BCUT2D eigenvalue weighted by molar-refractivity contribution is 14.1. The predicted octanol–water partition coefficient (Wildman–Crippen LogP) is 9.39. The van der Waals surface area contributed by atoms with Crippen LogP contribution in [-0.2, 0) is 25.5 Å². The number of halogens is 1. The van der Waals surface area contributed by atoms with E-state index in [0.717, 1.165) is 30.3 Å². The lowest BCUT2D eigenvalue weighted by molar-refractivity contribution is -0.158.